The van der Waals surface area contributed by atoms with Gasteiger partial charge in [-0.2, -0.15) is 4.98 Å². The molecule has 1 heterocycles. The van der Waals surface area contributed by atoms with Crippen molar-refractivity contribution >= 4 is 17.3 Å². The molecule has 1 amide bonds. The van der Waals surface area contributed by atoms with Crippen LogP contribution < -0.4 is 14.8 Å². The van der Waals surface area contributed by atoms with E-state index in [4.69, 9.17) is 9.47 Å². The van der Waals surface area contributed by atoms with Gasteiger partial charge in [-0.25, -0.2) is 9.07 Å². The monoisotopic (exact) mass is 539 g/mol. The van der Waals surface area contributed by atoms with E-state index in [9.17, 15) is 19.3 Å². The number of carbonyl (C=O) groups excluding carboxylic acids is 1. The average Bonchev–Trinajstić information content (AvgIpc) is 3.41. The van der Waals surface area contributed by atoms with Crippen LogP contribution in [0.3, 0.4) is 0 Å². The minimum Gasteiger partial charge on any atom is -0.497 e. The first-order valence-electron chi connectivity index (χ1n) is 12.0. The number of hydrogen-bond acceptors (Lipinski definition) is 7. The number of nitrogens with one attached hydrogen (secondary N) is 1. The molecule has 4 aromatic carbocycles. The van der Waals surface area contributed by atoms with Gasteiger partial charge in [-0.3, -0.25) is 14.9 Å². The number of nitrogens with zero attached hydrogens (tertiary/aromatic N) is 4. The summed E-state index contributed by atoms with van der Waals surface area (Å²) >= 11 is 0. The van der Waals surface area contributed by atoms with Crippen LogP contribution in [0.1, 0.15) is 15.9 Å². The van der Waals surface area contributed by atoms with E-state index in [1.165, 1.54) is 36.4 Å². The Morgan fingerprint density at radius 1 is 1.00 bits per heavy atom. The molecule has 0 unspecified atom stereocenters. The predicted molar refractivity (Wildman–Crippen MR) is 145 cm³/mol. The van der Waals surface area contributed by atoms with Gasteiger partial charge in [0.2, 0.25) is 0 Å². The van der Waals surface area contributed by atoms with Gasteiger partial charge in [0.15, 0.2) is 5.82 Å². The summed E-state index contributed by atoms with van der Waals surface area (Å²) in [4.78, 5) is 27.7. The second kappa shape index (κ2) is 11.4. The highest BCUT2D eigenvalue weighted by atomic mass is 19.1. The molecule has 0 spiro atoms. The molecule has 10 nitrogen and oxygen atoms in total. The summed E-state index contributed by atoms with van der Waals surface area (Å²) in [7, 11) is 1.58. The molecule has 0 bridgehead atoms. The van der Waals surface area contributed by atoms with Gasteiger partial charge in [-0.1, -0.05) is 18.2 Å². The van der Waals surface area contributed by atoms with Crippen LogP contribution in [0.25, 0.3) is 17.1 Å². The summed E-state index contributed by atoms with van der Waals surface area (Å²) in [6, 6.07) is 25.7. The molecule has 5 rings (SSSR count). The van der Waals surface area contributed by atoms with Crippen molar-refractivity contribution in [3.05, 3.63) is 124 Å². The number of carbonyl (C=O) groups is 1. The Balaban J connectivity index is 1.39. The Morgan fingerprint density at radius 2 is 1.73 bits per heavy atom. The zero-order valence-corrected chi connectivity index (χ0v) is 21.2. The van der Waals surface area contributed by atoms with Crippen LogP contribution in [0, 0.1) is 15.9 Å². The highest BCUT2D eigenvalue weighted by Gasteiger charge is 2.16. The van der Waals surface area contributed by atoms with E-state index < -0.39 is 10.8 Å². The van der Waals surface area contributed by atoms with Crippen LogP contribution in [-0.4, -0.2) is 32.7 Å². The van der Waals surface area contributed by atoms with Crippen molar-refractivity contribution < 1.29 is 23.6 Å². The third kappa shape index (κ3) is 5.94. The quantitative estimate of drug-likeness (QED) is 0.185. The zero-order valence-electron chi connectivity index (χ0n) is 21.2. The van der Waals surface area contributed by atoms with E-state index in [2.05, 4.69) is 15.4 Å². The Labute approximate surface area is 227 Å². The number of halogens is 1. The third-order valence-electron chi connectivity index (χ3n) is 5.91. The van der Waals surface area contributed by atoms with Crippen molar-refractivity contribution in [2.24, 2.45) is 0 Å². The fraction of sp³-hybridized carbons (Fsp3) is 0.0690. The fourth-order valence-electron chi connectivity index (χ4n) is 3.84. The van der Waals surface area contributed by atoms with Crippen molar-refractivity contribution in [1.82, 2.24) is 14.8 Å². The Bertz CT molecular complexity index is 1650. The van der Waals surface area contributed by atoms with E-state index in [1.54, 1.807) is 60.3 Å². The van der Waals surface area contributed by atoms with Crippen LogP contribution in [0.4, 0.5) is 15.8 Å². The lowest BCUT2D eigenvalue weighted by atomic mass is 10.2. The molecule has 40 heavy (non-hydrogen) atoms. The van der Waals surface area contributed by atoms with E-state index in [0.717, 1.165) is 11.1 Å². The van der Waals surface area contributed by atoms with Crippen molar-refractivity contribution in [2.45, 2.75) is 6.61 Å². The van der Waals surface area contributed by atoms with Crippen molar-refractivity contribution in [2.75, 3.05) is 12.4 Å². The van der Waals surface area contributed by atoms with Gasteiger partial charge in [0.1, 0.15) is 18.2 Å². The molecule has 0 saturated heterocycles. The van der Waals surface area contributed by atoms with E-state index >= 15 is 0 Å². The number of nitro benzene ring substituents is 1. The first kappa shape index (κ1) is 26.0. The summed E-state index contributed by atoms with van der Waals surface area (Å²) in [5, 5.41) is 18.3. The first-order chi connectivity index (χ1) is 19.4. The summed E-state index contributed by atoms with van der Waals surface area (Å²) < 4.78 is 25.9. The predicted octanol–water partition coefficient (Wildman–Crippen LogP) is 5.82. The number of non-ortho nitro benzene ring substituents is 1. The molecule has 0 aliphatic carbocycles. The number of nitro groups is 1. The number of anilines is 1. The summed E-state index contributed by atoms with van der Waals surface area (Å²) in [6.07, 6.45) is 0. The molecule has 0 atom stereocenters. The van der Waals surface area contributed by atoms with Gasteiger partial charge in [0.05, 0.1) is 17.7 Å². The van der Waals surface area contributed by atoms with E-state index in [0.29, 0.717) is 22.9 Å². The lowest BCUT2D eigenvalue weighted by Crippen LogP contribution is -2.12. The van der Waals surface area contributed by atoms with Gasteiger partial charge in [-0.15, -0.1) is 5.10 Å². The Morgan fingerprint density at radius 3 is 2.40 bits per heavy atom. The number of benzene rings is 4. The smallest absolute Gasteiger partial charge is 0.336 e. The summed E-state index contributed by atoms with van der Waals surface area (Å²) in [6.45, 7) is 0.148. The maximum Gasteiger partial charge on any atom is 0.336 e. The topological polar surface area (TPSA) is 121 Å². The van der Waals surface area contributed by atoms with Crippen molar-refractivity contribution in [1.29, 1.82) is 0 Å². The highest BCUT2D eigenvalue weighted by molar-refractivity contribution is 6.04. The first-order valence-corrected chi connectivity index (χ1v) is 12.0. The molecular weight excluding hydrogens is 517 g/mol. The average molecular weight is 540 g/mol. The van der Waals surface area contributed by atoms with Crippen LogP contribution >= 0.6 is 0 Å². The molecular formula is C29H22FN5O5. The second-order valence-electron chi connectivity index (χ2n) is 8.58. The number of methoxy groups -OCH3 is 1. The number of ether oxygens (including phenoxy) is 2. The standard InChI is InChI=1S/C29H22FN5O5/c1-39-26-15-7-20(8-16-26)27-32-29(40-18-19-5-9-22(30)10-6-19)33-34(27)24-13-11-23(12-14-24)31-28(36)21-3-2-4-25(17-21)35(37)38/h2-17H,18H2,1H3,(H,31,36). The molecule has 11 heteroatoms. The Hall–Kier alpha value is -5.58. The minimum absolute atomic E-state index is 0.123. The minimum atomic E-state index is -0.554. The maximum absolute atomic E-state index is 13.2. The van der Waals surface area contributed by atoms with E-state index in [1.807, 2.05) is 12.1 Å². The van der Waals surface area contributed by atoms with E-state index in [-0.39, 0.29) is 29.7 Å². The van der Waals surface area contributed by atoms with Crippen molar-refractivity contribution in [3.63, 3.8) is 0 Å². The molecule has 0 aliphatic heterocycles. The number of rotatable bonds is 9. The molecule has 200 valence electrons. The molecule has 0 fully saturated rings. The molecule has 0 radical (unpaired) electrons. The molecule has 0 saturated carbocycles. The lowest BCUT2D eigenvalue weighted by molar-refractivity contribution is -0.384. The van der Waals surface area contributed by atoms with Gasteiger partial charge in [-0.05, 0) is 72.3 Å². The normalized spacial score (nSPS) is 10.7. The summed E-state index contributed by atoms with van der Waals surface area (Å²) in [5.41, 5.74) is 2.64. The zero-order chi connectivity index (χ0) is 28.1. The number of amides is 1. The van der Waals surface area contributed by atoms with Crippen LogP contribution in [0.15, 0.2) is 97.1 Å². The second-order valence-corrected chi connectivity index (χ2v) is 8.58. The fourth-order valence-corrected chi connectivity index (χ4v) is 3.84. The van der Waals surface area contributed by atoms with Crippen LogP contribution in [0.5, 0.6) is 11.8 Å². The summed E-state index contributed by atoms with van der Waals surface area (Å²) in [5.74, 6) is 0.377. The molecule has 1 N–H and O–H groups in total. The SMILES string of the molecule is COc1ccc(-c2nc(OCc3ccc(F)cc3)nn2-c2ccc(NC(=O)c3cccc([N+](=O)[O-])c3)cc2)cc1. The van der Waals surface area contributed by atoms with Gasteiger partial charge < -0.3 is 14.8 Å². The van der Waals surface area contributed by atoms with Crippen LogP contribution in [-0.2, 0) is 6.61 Å². The maximum atomic E-state index is 13.2. The van der Waals surface area contributed by atoms with Gasteiger partial charge in [0, 0.05) is 28.9 Å². The largest absolute Gasteiger partial charge is 0.497 e. The Kier molecular flexibility index (Phi) is 7.45. The van der Waals surface area contributed by atoms with Crippen molar-refractivity contribution in [3.8, 4) is 28.8 Å². The number of hydrogen-bond donors (Lipinski definition) is 1. The van der Waals surface area contributed by atoms with Gasteiger partial charge >= 0.3 is 6.01 Å². The molecule has 0 aliphatic rings. The molecule has 5 aromatic rings. The third-order valence-corrected chi connectivity index (χ3v) is 5.91. The number of aromatic nitrogens is 3. The lowest BCUT2D eigenvalue weighted by Gasteiger charge is -2.09. The highest BCUT2D eigenvalue weighted by Crippen LogP contribution is 2.27. The molecule has 1 aromatic heterocycles. The van der Waals surface area contributed by atoms with Crippen LogP contribution in [0.2, 0.25) is 0 Å². The van der Waals surface area contributed by atoms with Gasteiger partial charge in [0.25, 0.3) is 11.6 Å².